The van der Waals surface area contributed by atoms with Gasteiger partial charge in [0.15, 0.2) is 0 Å². The fourth-order valence-electron chi connectivity index (χ4n) is 4.08. The Labute approximate surface area is 178 Å². The summed E-state index contributed by atoms with van der Waals surface area (Å²) in [6.45, 7) is 2.17. The van der Waals surface area contributed by atoms with Crippen LogP contribution in [0, 0.1) is 0 Å². The molecule has 4 nitrogen and oxygen atoms in total. The average Bonchev–Trinajstić information content (AvgIpc) is 3.58. The van der Waals surface area contributed by atoms with Gasteiger partial charge >= 0.3 is 0 Å². The van der Waals surface area contributed by atoms with Gasteiger partial charge in [-0.25, -0.2) is 4.98 Å². The number of anilines is 1. The number of aryl methyl sites for hydroxylation is 1. The first-order valence-electron chi connectivity index (χ1n) is 10.6. The molecule has 1 fully saturated rings. The van der Waals surface area contributed by atoms with E-state index in [-0.39, 0.29) is 5.91 Å². The minimum absolute atomic E-state index is 0.0547. The van der Waals surface area contributed by atoms with Gasteiger partial charge in [-0.3, -0.25) is 4.79 Å². The summed E-state index contributed by atoms with van der Waals surface area (Å²) in [4.78, 5) is 17.6. The first kappa shape index (κ1) is 20.1. The van der Waals surface area contributed by atoms with Crippen molar-refractivity contribution in [2.75, 3.05) is 12.4 Å². The van der Waals surface area contributed by atoms with Crippen molar-refractivity contribution in [3.8, 4) is 5.75 Å². The van der Waals surface area contributed by atoms with Crippen LogP contribution in [0.3, 0.4) is 0 Å². The van der Waals surface area contributed by atoms with Crippen molar-refractivity contribution in [3.05, 3.63) is 89.1 Å². The number of benzene rings is 2. The lowest BCUT2D eigenvalue weighted by molar-refractivity contribution is -0.118. The molecule has 0 atom stereocenters. The molecule has 1 amide bonds. The van der Waals surface area contributed by atoms with E-state index >= 15 is 0 Å². The molecule has 1 heterocycles. The van der Waals surface area contributed by atoms with Crippen LogP contribution in [0.25, 0.3) is 0 Å². The molecule has 0 unspecified atom stereocenters. The van der Waals surface area contributed by atoms with Crippen LogP contribution in [-0.4, -0.2) is 18.0 Å². The molecule has 1 aromatic heterocycles. The summed E-state index contributed by atoms with van der Waals surface area (Å²) >= 11 is 0. The zero-order chi connectivity index (χ0) is 21.0. The van der Waals surface area contributed by atoms with Gasteiger partial charge in [-0.05, 0) is 66.1 Å². The van der Waals surface area contributed by atoms with E-state index in [1.54, 1.807) is 7.11 Å². The Morgan fingerprint density at radius 1 is 1.07 bits per heavy atom. The number of aromatic nitrogens is 1. The number of ether oxygens (including phenoxy) is 1. The predicted octanol–water partition coefficient (Wildman–Crippen LogP) is 5.30. The Balaban J connectivity index is 1.45. The van der Waals surface area contributed by atoms with Crippen LogP contribution < -0.4 is 10.1 Å². The monoisotopic (exact) mass is 400 g/mol. The average molecular weight is 401 g/mol. The lowest BCUT2D eigenvalue weighted by atomic mass is 9.88. The van der Waals surface area contributed by atoms with E-state index in [4.69, 9.17) is 4.74 Å². The number of amides is 1. The maximum absolute atomic E-state index is 13.1. The van der Waals surface area contributed by atoms with Crippen molar-refractivity contribution >= 4 is 11.7 Å². The Morgan fingerprint density at radius 2 is 1.90 bits per heavy atom. The molecule has 1 saturated carbocycles. The summed E-state index contributed by atoms with van der Waals surface area (Å²) in [5.41, 5.74) is 4.33. The second-order valence-electron chi connectivity index (χ2n) is 8.02. The molecule has 0 bridgehead atoms. The van der Waals surface area contributed by atoms with Crippen LogP contribution in [0.2, 0.25) is 0 Å². The standard InChI is InChI=1S/C26H28N2O2/c1-3-7-21-9-4-5-11-23(21)26(14-15-26)25(29)28-24-13-12-20(18-27-24)16-19-8-6-10-22(17-19)30-2/h4-6,8-13,17-18H,3,7,14-16H2,1-2H3,(H,27,28,29). The number of pyridine rings is 1. The minimum atomic E-state index is -0.396. The van der Waals surface area contributed by atoms with Gasteiger partial charge in [-0.2, -0.15) is 0 Å². The molecule has 0 spiro atoms. The highest BCUT2D eigenvalue weighted by molar-refractivity contribution is 6.01. The molecule has 30 heavy (non-hydrogen) atoms. The molecule has 0 saturated heterocycles. The molecule has 4 rings (SSSR count). The number of methoxy groups -OCH3 is 1. The smallest absolute Gasteiger partial charge is 0.236 e. The Morgan fingerprint density at radius 3 is 2.60 bits per heavy atom. The SMILES string of the molecule is CCCc1ccccc1C1(C(=O)Nc2ccc(Cc3cccc(OC)c3)cn2)CC1. The summed E-state index contributed by atoms with van der Waals surface area (Å²) in [6.07, 6.45) is 6.47. The highest BCUT2D eigenvalue weighted by atomic mass is 16.5. The molecule has 1 aliphatic carbocycles. The van der Waals surface area contributed by atoms with E-state index < -0.39 is 5.41 Å². The molecular weight excluding hydrogens is 372 g/mol. The van der Waals surface area contributed by atoms with Crippen molar-refractivity contribution in [1.82, 2.24) is 4.98 Å². The third kappa shape index (κ3) is 4.23. The van der Waals surface area contributed by atoms with Gasteiger partial charge in [0.25, 0.3) is 0 Å². The van der Waals surface area contributed by atoms with Crippen molar-refractivity contribution < 1.29 is 9.53 Å². The van der Waals surface area contributed by atoms with Crippen molar-refractivity contribution in [1.29, 1.82) is 0 Å². The number of nitrogens with zero attached hydrogens (tertiary/aromatic N) is 1. The fraction of sp³-hybridized carbons (Fsp3) is 0.308. The van der Waals surface area contributed by atoms with Crippen LogP contribution in [0.1, 0.15) is 48.4 Å². The number of nitrogens with one attached hydrogen (secondary N) is 1. The zero-order valence-electron chi connectivity index (χ0n) is 17.7. The molecule has 0 radical (unpaired) electrons. The van der Waals surface area contributed by atoms with E-state index in [0.29, 0.717) is 5.82 Å². The molecule has 1 aliphatic rings. The number of rotatable bonds is 8. The molecule has 154 valence electrons. The maximum Gasteiger partial charge on any atom is 0.236 e. The molecule has 3 aromatic rings. The summed E-state index contributed by atoms with van der Waals surface area (Å²) in [6, 6.07) is 20.3. The normalized spacial score (nSPS) is 14.2. The largest absolute Gasteiger partial charge is 0.497 e. The van der Waals surface area contributed by atoms with Crippen molar-refractivity contribution in [2.45, 2.75) is 44.4 Å². The van der Waals surface area contributed by atoms with Crippen molar-refractivity contribution in [3.63, 3.8) is 0 Å². The highest BCUT2D eigenvalue weighted by Crippen LogP contribution is 2.50. The number of hydrogen-bond acceptors (Lipinski definition) is 3. The van der Waals surface area contributed by atoms with Crippen LogP contribution in [-0.2, 0) is 23.1 Å². The third-order valence-electron chi connectivity index (χ3n) is 5.85. The predicted molar refractivity (Wildman–Crippen MR) is 120 cm³/mol. The van der Waals surface area contributed by atoms with Gasteiger partial charge < -0.3 is 10.1 Å². The Bertz CT molecular complexity index is 1020. The van der Waals surface area contributed by atoms with Crippen LogP contribution in [0.5, 0.6) is 5.75 Å². The minimum Gasteiger partial charge on any atom is -0.497 e. The molecular formula is C26H28N2O2. The van der Waals surface area contributed by atoms with Gasteiger partial charge in [-0.1, -0.05) is 55.8 Å². The number of carbonyl (C=O) groups is 1. The Hall–Kier alpha value is -3.14. The van der Waals surface area contributed by atoms with E-state index in [1.165, 1.54) is 11.1 Å². The molecule has 4 heteroatoms. The van der Waals surface area contributed by atoms with Gasteiger partial charge in [0.2, 0.25) is 5.91 Å². The first-order chi connectivity index (χ1) is 14.6. The molecule has 1 N–H and O–H groups in total. The lowest BCUT2D eigenvalue weighted by Gasteiger charge is -2.19. The van der Waals surface area contributed by atoms with Crippen molar-refractivity contribution in [2.24, 2.45) is 0 Å². The van der Waals surface area contributed by atoms with Crippen LogP contribution >= 0.6 is 0 Å². The van der Waals surface area contributed by atoms with Gasteiger partial charge in [0.05, 0.1) is 12.5 Å². The van der Waals surface area contributed by atoms with E-state index in [0.717, 1.165) is 49.0 Å². The summed E-state index contributed by atoms with van der Waals surface area (Å²) < 4.78 is 5.29. The summed E-state index contributed by atoms with van der Waals surface area (Å²) in [5.74, 6) is 1.51. The highest BCUT2D eigenvalue weighted by Gasteiger charge is 2.52. The number of carbonyl (C=O) groups excluding carboxylic acids is 1. The van der Waals surface area contributed by atoms with Gasteiger partial charge in [-0.15, -0.1) is 0 Å². The second-order valence-corrected chi connectivity index (χ2v) is 8.02. The molecule has 2 aromatic carbocycles. The lowest BCUT2D eigenvalue weighted by Crippen LogP contribution is -2.29. The van der Waals surface area contributed by atoms with Crippen LogP contribution in [0.4, 0.5) is 5.82 Å². The van der Waals surface area contributed by atoms with Crippen LogP contribution in [0.15, 0.2) is 66.9 Å². The Kier molecular flexibility index (Phi) is 5.84. The van der Waals surface area contributed by atoms with E-state index in [2.05, 4.69) is 41.5 Å². The quantitative estimate of drug-likeness (QED) is 0.558. The second kappa shape index (κ2) is 8.70. The summed E-state index contributed by atoms with van der Waals surface area (Å²) in [7, 11) is 1.67. The fourth-order valence-corrected chi connectivity index (χ4v) is 4.08. The number of hydrogen-bond donors (Lipinski definition) is 1. The molecule has 0 aliphatic heterocycles. The zero-order valence-corrected chi connectivity index (χ0v) is 17.7. The summed E-state index contributed by atoms with van der Waals surface area (Å²) in [5, 5.41) is 3.05. The van der Waals surface area contributed by atoms with E-state index in [9.17, 15) is 4.79 Å². The maximum atomic E-state index is 13.1. The van der Waals surface area contributed by atoms with Gasteiger partial charge in [0, 0.05) is 6.20 Å². The topological polar surface area (TPSA) is 51.2 Å². The first-order valence-corrected chi connectivity index (χ1v) is 10.6. The van der Waals surface area contributed by atoms with Gasteiger partial charge in [0.1, 0.15) is 11.6 Å². The van der Waals surface area contributed by atoms with E-state index in [1.807, 2.05) is 42.6 Å². The third-order valence-corrected chi connectivity index (χ3v) is 5.85.